The molecule has 0 saturated carbocycles. The minimum Gasteiger partial charge on any atom is -0.390 e. The number of anilines is 1. The van der Waals surface area contributed by atoms with Gasteiger partial charge in [0.15, 0.2) is 0 Å². The normalized spacial score (nSPS) is 20.1. The summed E-state index contributed by atoms with van der Waals surface area (Å²) in [5.41, 5.74) is 1.20. The van der Waals surface area contributed by atoms with Crippen LogP contribution in [0.2, 0.25) is 0 Å². The molecule has 0 atom stereocenters. The molecule has 17 heavy (non-hydrogen) atoms. The first-order valence-electron chi connectivity index (χ1n) is 6.42. The number of aliphatic hydroxyl groups is 1. The van der Waals surface area contributed by atoms with Crippen molar-refractivity contribution in [1.82, 2.24) is 4.98 Å². The number of hydrogen-bond donors (Lipinski definition) is 1. The Morgan fingerprint density at radius 2 is 2.12 bits per heavy atom. The van der Waals surface area contributed by atoms with E-state index in [1.807, 2.05) is 18.2 Å². The second kappa shape index (κ2) is 5.05. The lowest BCUT2D eigenvalue weighted by Gasteiger charge is -2.24. The molecule has 0 spiro atoms. The molecule has 0 aliphatic carbocycles. The Kier molecular flexibility index (Phi) is 3.67. The molecule has 0 radical (unpaired) electrons. The van der Waals surface area contributed by atoms with Crippen LogP contribution >= 0.6 is 0 Å². The van der Waals surface area contributed by atoms with Gasteiger partial charge in [0.1, 0.15) is 5.82 Å². The fraction of sp³-hybridized carbons (Fsp3) is 0.643. The number of hydrogen-bond acceptors (Lipinski definition) is 3. The zero-order valence-electron chi connectivity index (χ0n) is 10.8. The second-order valence-corrected chi connectivity index (χ2v) is 5.65. The first-order chi connectivity index (χ1) is 8.11. The first-order valence-corrected chi connectivity index (χ1v) is 6.42. The Hall–Kier alpha value is -1.09. The molecule has 3 heteroatoms. The van der Waals surface area contributed by atoms with Gasteiger partial charge in [-0.2, -0.15) is 0 Å². The van der Waals surface area contributed by atoms with Crippen molar-refractivity contribution in [2.75, 3.05) is 18.0 Å². The molecule has 3 nitrogen and oxygen atoms in total. The van der Waals surface area contributed by atoms with Crippen LogP contribution in [0.25, 0.3) is 0 Å². The van der Waals surface area contributed by atoms with E-state index in [9.17, 15) is 0 Å². The van der Waals surface area contributed by atoms with E-state index in [0.717, 1.165) is 24.6 Å². The Morgan fingerprint density at radius 3 is 2.88 bits per heavy atom. The van der Waals surface area contributed by atoms with Crippen LogP contribution in [0.5, 0.6) is 0 Å². The predicted molar refractivity (Wildman–Crippen MR) is 70.0 cm³/mol. The summed E-state index contributed by atoms with van der Waals surface area (Å²) in [6.45, 7) is 6.84. The molecular weight excluding hydrogens is 212 g/mol. The van der Waals surface area contributed by atoms with Crippen molar-refractivity contribution in [1.29, 1.82) is 0 Å². The van der Waals surface area contributed by atoms with Crippen LogP contribution in [0.3, 0.4) is 0 Å². The van der Waals surface area contributed by atoms with E-state index in [0.29, 0.717) is 5.41 Å². The lowest BCUT2D eigenvalue weighted by atomic mass is 9.85. The van der Waals surface area contributed by atoms with Crippen LogP contribution in [-0.4, -0.2) is 23.2 Å². The number of aliphatic hydroxyl groups excluding tert-OH is 1. The third-order valence-electron chi connectivity index (χ3n) is 3.62. The first kappa shape index (κ1) is 12.4. The minimum absolute atomic E-state index is 0.0210. The van der Waals surface area contributed by atoms with E-state index < -0.39 is 0 Å². The Morgan fingerprint density at radius 1 is 1.29 bits per heavy atom. The van der Waals surface area contributed by atoms with Crippen LogP contribution in [0.4, 0.5) is 5.82 Å². The van der Waals surface area contributed by atoms with Crippen molar-refractivity contribution in [3.8, 4) is 0 Å². The van der Waals surface area contributed by atoms with E-state index in [1.165, 1.54) is 19.3 Å². The monoisotopic (exact) mass is 234 g/mol. The SMILES string of the molecule is CC1(C)CCCN(c2cccc(CO)n2)CC1. The van der Waals surface area contributed by atoms with Crippen LogP contribution in [0.1, 0.15) is 38.8 Å². The molecular formula is C14H22N2O. The number of pyridine rings is 1. The summed E-state index contributed by atoms with van der Waals surface area (Å²) in [4.78, 5) is 6.82. The molecule has 0 amide bonds. The average Bonchev–Trinajstić information content (AvgIpc) is 2.50. The van der Waals surface area contributed by atoms with Crippen molar-refractivity contribution in [2.24, 2.45) is 5.41 Å². The van der Waals surface area contributed by atoms with Crippen LogP contribution in [0, 0.1) is 5.41 Å². The molecule has 2 heterocycles. The van der Waals surface area contributed by atoms with E-state index >= 15 is 0 Å². The highest BCUT2D eigenvalue weighted by molar-refractivity contribution is 5.39. The summed E-state index contributed by atoms with van der Waals surface area (Å²) in [6.07, 6.45) is 3.71. The highest BCUT2D eigenvalue weighted by Crippen LogP contribution is 2.31. The van der Waals surface area contributed by atoms with Gasteiger partial charge >= 0.3 is 0 Å². The molecule has 1 N–H and O–H groups in total. The molecule has 94 valence electrons. The van der Waals surface area contributed by atoms with Gasteiger partial charge in [0.25, 0.3) is 0 Å². The maximum atomic E-state index is 9.12. The van der Waals surface area contributed by atoms with Gasteiger partial charge in [-0.1, -0.05) is 19.9 Å². The van der Waals surface area contributed by atoms with Crippen molar-refractivity contribution in [3.05, 3.63) is 23.9 Å². The number of aromatic nitrogens is 1. The van der Waals surface area contributed by atoms with Crippen molar-refractivity contribution >= 4 is 5.82 Å². The van der Waals surface area contributed by atoms with Crippen molar-refractivity contribution in [3.63, 3.8) is 0 Å². The van der Waals surface area contributed by atoms with Gasteiger partial charge in [0.05, 0.1) is 12.3 Å². The van der Waals surface area contributed by atoms with E-state index in [1.54, 1.807) is 0 Å². The predicted octanol–water partition coefficient (Wildman–Crippen LogP) is 2.59. The summed E-state index contributed by atoms with van der Waals surface area (Å²) in [5, 5.41) is 9.12. The minimum atomic E-state index is 0.0210. The molecule has 2 rings (SSSR count). The summed E-state index contributed by atoms with van der Waals surface area (Å²) in [6, 6.07) is 5.88. The molecule has 0 aromatic carbocycles. The Bertz CT molecular complexity index is 376. The lowest BCUT2D eigenvalue weighted by Crippen LogP contribution is -2.26. The summed E-state index contributed by atoms with van der Waals surface area (Å²) in [7, 11) is 0. The molecule has 1 aromatic rings. The zero-order valence-corrected chi connectivity index (χ0v) is 10.8. The average molecular weight is 234 g/mol. The summed E-state index contributed by atoms with van der Waals surface area (Å²) < 4.78 is 0. The highest BCUT2D eigenvalue weighted by Gasteiger charge is 2.23. The topological polar surface area (TPSA) is 36.4 Å². The van der Waals surface area contributed by atoms with Gasteiger partial charge < -0.3 is 10.0 Å². The molecule has 1 fully saturated rings. The maximum Gasteiger partial charge on any atom is 0.128 e. The van der Waals surface area contributed by atoms with E-state index in [2.05, 4.69) is 23.7 Å². The smallest absolute Gasteiger partial charge is 0.128 e. The van der Waals surface area contributed by atoms with E-state index in [-0.39, 0.29) is 6.61 Å². The van der Waals surface area contributed by atoms with Gasteiger partial charge in [0, 0.05) is 13.1 Å². The van der Waals surface area contributed by atoms with Gasteiger partial charge in [-0.25, -0.2) is 4.98 Å². The number of nitrogens with zero attached hydrogens (tertiary/aromatic N) is 2. The van der Waals surface area contributed by atoms with Crippen LogP contribution in [-0.2, 0) is 6.61 Å². The molecule has 0 bridgehead atoms. The lowest BCUT2D eigenvalue weighted by molar-refractivity contribution is 0.277. The van der Waals surface area contributed by atoms with Gasteiger partial charge in [0.2, 0.25) is 0 Å². The van der Waals surface area contributed by atoms with E-state index in [4.69, 9.17) is 5.11 Å². The number of rotatable bonds is 2. The maximum absolute atomic E-state index is 9.12. The molecule has 1 aliphatic heterocycles. The third kappa shape index (κ3) is 3.19. The molecule has 1 saturated heterocycles. The standard InChI is InChI=1S/C14H22N2O/c1-14(2)7-4-9-16(10-8-14)13-6-3-5-12(11-17)15-13/h3,5-6,17H,4,7-11H2,1-2H3. The second-order valence-electron chi connectivity index (χ2n) is 5.65. The van der Waals surface area contributed by atoms with Gasteiger partial charge in [-0.05, 0) is 36.8 Å². The zero-order chi connectivity index (χ0) is 12.3. The van der Waals surface area contributed by atoms with Gasteiger partial charge in [-0.15, -0.1) is 0 Å². The molecule has 1 aromatic heterocycles. The summed E-state index contributed by atoms with van der Waals surface area (Å²) >= 11 is 0. The quantitative estimate of drug-likeness (QED) is 0.854. The van der Waals surface area contributed by atoms with Crippen LogP contribution < -0.4 is 4.90 Å². The Balaban J connectivity index is 2.11. The molecule has 0 unspecified atom stereocenters. The fourth-order valence-electron chi connectivity index (χ4n) is 2.38. The fourth-order valence-corrected chi connectivity index (χ4v) is 2.38. The van der Waals surface area contributed by atoms with Crippen molar-refractivity contribution < 1.29 is 5.11 Å². The molecule has 1 aliphatic rings. The largest absolute Gasteiger partial charge is 0.390 e. The third-order valence-corrected chi connectivity index (χ3v) is 3.62. The van der Waals surface area contributed by atoms with Crippen molar-refractivity contribution in [2.45, 2.75) is 39.7 Å². The highest BCUT2D eigenvalue weighted by atomic mass is 16.3. The van der Waals surface area contributed by atoms with Gasteiger partial charge in [-0.3, -0.25) is 0 Å². The summed E-state index contributed by atoms with van der Waals surface area (Å²) in [5.74, 6) is 1.01. The van der Waals surface area contributed by atoms with Crippen LogP contribution in [0.15, 0.2) is 18.2 Å². The Labute approximate surface area is 103 Å².